The van der Waals surface area contributed by atoms with Gasteiger partial charge in [-0.1, -0.05) is 11.6 Å². The van der Waals surface area contributed by atoms with Gasteiger partial charge in [-0.3, -0.25) is 4.90 Å². The fourth-order valence-electron chi connectivity index (χ4n) is 5.32. The molecule has 0 saturated carbocycles. The number of aromatic nitrogens is 1. The Kier molecular flexibility index (Phi) is 5.59. The average molecular weight is 456 g/mol. The molecule has 0 spiro atoms. The van der Waals surface area contributed by atoms with E-state index in [-0.39, 0.29) is 0 Å². The fraction of sp³-hybridized carbons (Fsp3) is 0.542. The van der Waals surface area contributed by atoms with Crippen LogP contribution in [0.3, 0.4) is 0 Å². The Bertz CT molecular complexity index is 985. The first-order chi connectivity index (χ1) is 15.8. The molecule has 0 radical (unpaired) electrons. The summed E-state index contributed by atoms with van der Waals surface area (Å²) in [4.78, 5) is 9.63. The maximum Gasteiger partial charge on any atom is 0.161 e. The van der Waals surface area contributed by atoms with E-state index >= 15 is 0 Å². The molecule has 6 rings (SSSR count). The van der Waals surface area contributed by atoms with Gasteiger partial charge < -0.3 is 25.0 Å². The summed E-state index contributed by atoms with van der Waals surface area (Å²) in [6.07, 6.45) is 4.21. The summed E-state index contributed by atoms with van der Waals surface area (Å²) in [5, 5.41) is 7.61. The molecule has 8 heteroatoms. The molecule has 0 atom stereocenters. The van der Waals surface area contributed by atoms with Crippen LogP contribution in [0.4, 0.5) is 17.2 Å². The average Bonchev–Trinajstić information content (AvgIpc) is 2.98. The lowest BCUT2D eigenvalue weighted by atomic mass is 9.88. The van der Waals surface area contributed by atoms with E-state index in [2.05, 4.69) is 43.6 Å². The lowest BCUT2D eigenvalue weighted by Crippen LogP contribution is -2.58. The second kappa shape index (κ2) is 8.71. The second-order valence-corrected chi connectivity index (χ2v) is 9.58. The highest BCUT2D eigenvalue weighted by Gasteiger charge is 2.30. The van der Waals surface area contributed by atoms with Gasteiger partial charge in [0.15, 0.2) is 5.75 Å². The number of piperidine rings is 1. The van der Waals surface area contributed by atoms with Gasteiger partial charge in [0.2, 0.25) is 0 Å². The Balaban J connectivity index is 1.25. The van der Waals surface area contributed by atoms with Gasteiger partial charge >= 0.3 is 0 Å². The molecular weight excluding hydrogens is 426 g/mol. The lowest BCUT2D eigenvalue weighted by molar-refractivity contribution is 0.113. The van der Waals surface area contributed by atoms with E-state index in [1.54, 1.807) is 0 Å². The summed E-state index contributed by atoms with van der Waals surface area (Å²) in [6.45, 7) is 8.28. The van der Waals surface area contributed by atoms with Gasteiger partial charge in [0.05, 0.1) is 29.5 Å². The highest BCUT2D eigenvalue weighted by molar-refractivity contribution is 6.32. The van der Waals surface area contributed by atoms with Crippen LogP contribution in [-0.2, 0) is 11.3 Å². The Morgan fingerprint density at radius 1 is 1.06 bits per heavy atom. The standard InChI is InChI=1S/C24H30ClN5O2/c25-20-11-17(16-2-5-29(6-3-16)18-13-26-14-18)12-21-23(20)32-15-19-22(1-4-27-24(19)28-21)30-7-9-31-10-8-30/h1,4,11-12,16,18,26H,2-3,5-10,13-15H2,(H,27,28). The maximum atomic E-state index is 6.75. The molecule has 0 unspecified atom stereocenters. The van der Waals surface area contributed by atoms with Gasteiger partial charge in [-0.25, -0.2) is 4.98 Å². The number of pyridine rings is 1. The lowest BCUT2D eigenvalue weighted by Gasteiger charge is -2.42. The minimum Gasteiger partial charge on any atom is -0.485 e. The van der Waals surface area contributed by atoms with Gasteiger partial charge in [-0.15, -0.1) is 0 Å². The molecule has 1 aromatic carbocycles. The van der Waals surface area contributed by atoms with E-state index < -0.39 is 0 Å². The molecule has 1 aromatic heterocycles. The number of fused-ring (bicyclic) bond motifs is 2. The molecule has 3 fully saturated rings. The number of halogens is 1. The van der Waals surface area contributed by atoms with Crippen molar-refractivity contribution in [1.82, 2.24) is 15.2 Å². The molecule has 0 aliphatic carbocycles. The summed E-state index contributed by atoms with van der Waals surface area (Å²) < 4.78 is 11.8. The van der Waals surface area contributed by atoms with Crippen molar-refractivity contribution in [2.45, 2.75) is 31.4 Å². The third-order valence-corrected chi connectivity index (χ3v) is 7.62. The summed E-state index contributed by atoms with van der Waals surface area (Å²) in [6, 6.07) is 7.14. The van der Waals surface area contributed by atoms with Crippen molar-refractivity contribution in [2.24, 2.45) is 0 Å². The first-order valence-corrected chi connectivity index (χ1v) is 12.1. The number of anilines is 3. The largest absolute Gasteiger partial charge is 0.485 e. The van der Waals surface area contributed by atoms with Crippen molar-refractivity contribution in [2.75, 3.05) is 62.7 Å². The van der Waals surface area contributed by atoms with Gasteiger partial charge in [-0.2, -0.15) is 0 Å². The minimum atomic E-state index is 0.447. The number of nitrogens with zero attached hydrogens (tertiary/aromatic N) is 3. The van der Waals surface area contributed by atoms with Crippen molar-refractivity contribution in [3.05, 3.63) is 40.5 Å². The minimum absolute atomic E-state index is 0.447. The first kappa shape index (κ1) is 20.5. The topological polar surface area (TPSA) is 61.9 Å². The van der Waals surface area contributed by atoms with Crippen LogP contribution in [0.5, 0.6) is 5.75 Å². The molecule has 4 aliphatic heterocycles. The zero-order valence-electron chi connectivity index (χ0n) is 18.3. The zero-order valence-corrected chi connectivity index (χ0v) is 19.0. The highest BCUT2D eigenvalue weighted by Crippen LogP contribution is 2.44. The number of ether oxygens (including phenoxy) is 2. The molecular formula is C24H30ClN5O2. The molecule has 2 aromatic rings. The van der Waals surface area contributed by atoms with Crippen molar-refractivity contribution in [3.8, 4) is 5.75 Å². The number of likely N-dealkylation sites (tertiary alicyclic amines) is 1. The third-order valence-electron chi connectivity index (χ3n) is 7.34. The quantitative estimate of drug-likeness (QED) is 0.735. The van der Waals surface area contributed by atoms with E-state index in [1.165, 1.54) is 18.4 Å². The SMILES string of the molecule is Clc1cc(C2CCN(C3CNC3)CC2)cc2c1OCc1c(N3CCOCC3)ccnc1N2. The molecule has 2 N–H and O–H groups in total. The number of rotatable bonds is 3. The van der Waals surface area contributed by atoms with E-state index in [0.29, 0.717) is 17.5 Å². The Labute approximate surface area is 194 Å². The number of morpholine rings is 1. The molecule has 170 valence electrons. The predicted octanol–water partition coefficient (Wildman–Crippen LogP) is 3.36. The molecule has 0 amide bonds. The van der Waals surface area contributed by atoms with E-state index in [0.717, 1.165) is 87.0 Å². The number of hydrogen-bond acceptors (Lipinski definition) is 7. The maximum absolute atomic E-state index is 6.75. The number of benzene rings is 1. The number of hydrogen-bond donors (Lipinski definition) is 2. The molecule has 3 saturated heterocycles. The number of nitrogens with one attached hydrogen (secondary N) is 2. The van der Waals surface area contributed by atoms with Crippen LogP contribution in [0.15, 0.2) is 24.4 Å². The van der Waals surface area contributed by atoms with Gasteiger partial charge in [0, 0.05) is 44.1 Å². The van der Waals surface area contributed by atoms with Crippen LogP contribution < -0.4 is 20.3 Å². The zero-order chi connectivity index (χ0) is 21.5. The van der Waals surface area contributed by atoms with Gasteiger partial charge in [0.25, 0.3) is 0 Å². The van der Waals surface area contributed by atoms with E-state index in [1.807, 2.05) is 6.20 Å². The van der Waals surface area contributed by atoms with Crippen LogP contribution in [0.1, 0.15) is 29.9 Å². The monoisotopic (exact) mass is 455 g/mol. The molecule has 4 aliphatic rings. The van der Waals surface area contributed by atoms with E-state index in [9.17, 15) is 0 Å². The Morgan fingerprint density at radius 2 is 1.88 bits per heavy atom. The van der Waals surface area contributed by atoms with Crippen LogP contribution >= 0.6 is 11.6 Å². The molecule has 32 heavy (non-hydrogen) atoms. The molecule has 7 nitrogen and oxygen atoms in total. The molecule has 5 heterocycles. The van der Waals surface area contributed by atoms with Crippen LogP contribution in [0, 0.1) is 0 Å². The van der Waals surface area contributed by atoms with Gasteiger partial charge in [0.1, 0.15) is 12.4 Å². The summed E-state index contributed by atoms with van der Waals surface area (Å²) in [5.41, 5.74) is 4.45. The van der Waals surface area contributed by atoms with Crippen LogP contribution in [0.2, 0.25) is 5.02 Å². The van der Waals surface area contributed by atoms with Crippen molar-refractivity contribution >= 4 is 28.8 Å². The van der Waals surface area contributed by atoms with Crippen molar-refractivity contribution < 1.29 is 9.47 Å². The van der Waals surface area contributed by atoms with Crippen LogP contribution in [0.25, 0.3) is 0 Å². The van der Waals surface area contributed by atoms with E-state index in [4.69, 9.17) is 21.1 Å². The Morgan fingerprint density at radius 3 is 2.62 bits per heavy atom. The predicted molar refractivity (Wildman–Crippen MR) is 127 cm³/mol. The highest BCUT2D eigenvalue weighted by atomic mass is 35.5. The summed E-state index contributed by atoms with van der Waals surface area (Å²) >= 11 is 6.75. The normalized spacial score (nSPS) is 22.2. The summed E-state index contributed by atoms with van der Waals surface area (Å²) in [7, 11) is 0. The first-order valence-electron chi connectivity index (χ1n) is 11.7. The smallest absolute Gasteiger partial charge is 0.161 e. The molecule has 0 bridgehead atoms. The third kappa shape index (κ3) is 3.81. The van der Waals surface area contributed by atoms with Crippen molar-refractivity contribution in [3.63, 3.8) is 0 Å². The summed E-state index contributed by atoms with van der Waals surface area (Å²) in [5.74, 6) is 2.10. The van der Waals surface area contributed by atoms with Crippen LogP contribution in [-0.4, -0.2) is 68.4 Å². The second-order valence-electron chi connectivity index (χ2n) is 9.17. The fourth-order valence-corrected chi connectivity index (χ4v) is 5.61. The Hall–Kier alpha value is -2.06. The van der Waals surface area contributed by atoms with Crippen molar-refractivity contribution in [1.29, 1.82) is 0 Å². The van der Waals surface area contributed by atoms with Gasteiger partial charge in [-0.05, 0) is 55.6 Å².